The van der Waals surface area contributed by atoms with E-state index in [1.54, 1.807) is 17.1 Å². The Hall–Kier alpha value is -1.82. The average molecular weight is 338 g/mol. The summed E-state index contributed by atoms with van der Waals surface area (Å²) in [6, 6.07) is 7.63. The molecule has 0 aliphatic carbocycles. The van der Waals surface area contributed by atoms with Gasteiger partial charge < -0.3 is 10.1 Å². The molecular formula is C14H16BrN3O2. The van der Waals surface area contributed by atoms with Crippen LogP contribution < -0.4 is 10.1 Å². The second-order valence-electron chi connectivity index (χ2n) is 4.59. The van der Waals surface area contributed by atoms with E-state index in [0.717, 1.165) is 10.2 Å². The second kappa shape index (κ2) is 6.56. The highest BCUT2D eigenvalue weighted by Gasteiger charge is 2.06. The molecule has 2 aromatic rings. The maximum atomic E-state index is 11.7. The molecule has 0 bridgehead atoms. The zero-order chi connectivity index (χ0) is 14.5. The van der Waals surface area contributed by atoms with Crippen LogP contribution in [0.4, 0.5) is 5.69 Å². The third-order valence-corrected chi connectivity index (χ3v) is 3.13. The SMILES string of the molecule is CC(C)n1cc(OCC(=O)Nc2ccc(Br)cc2)cn1. The van der Waals surface area contributed by atoms with E-state index in [4.69, 9.17) is 4.74 Å². The van der Waals surface area contributed by atoms with Gasteiger partial charge in [0.15, 0.2) is 12.4 Å². The maximum Gasteiger partial charge on any atom is 0.262 e. The molecule has 0 spiro atoms. The Morgan fingerprint density at radius 1 is 1.40 bits per heavy atom. The third-order valence-electron chi connectivity index (χ3n) is 2.60. The lowest BCUT2D eigenvalue weighted by molar-refractivity contribution is -0.118. The number of ether oxygens (including phenoxy) is 1. The van der Waals surface area contributed by atoms with Crippen LogP contribution in [0.25, 0.3) is 0 Å². The van der Waals surface area contributed by atoms with Crippen LogP contribution in [0, 0.1) is 0 Å². The molecule has 1 aromatic carbocycles. The van der Waals surface area contributed by atoms with Crippen molar-refractivity contribution in [2.24, 2.45) is 0 Å². The second-order valence-corrected chi connectivity index (χ2v) is 5.51. The molecule has 0 saturated heterocycles. The number of carbonyl (C=O) groups excluding carboxylic acids is 1. The number of hydrogen-bond acceptors (Lipinski definition) is 3. The molecule has 0 radical (unpaired) electrons. The summed E-state index contributed by atoms with van der Waals surface area (Å²) in [7, 11) is 0. The lowest BCUT2D eigenvalue weighted by Crippen LogP contribution is -2.19. The predicted molar refractivity (Wildman–Crippen MR) is 80.9 cm³/mol. The highest BCUT2D eigenvalue weighted by Crippen LogP contribution is 2.15. The van der Waals surface area contributed by atoms with Gasteiger partial charge in [0, 0.05) is 16.2 Å². The van der Waals surface area contributed by atoms with E-state index in [1.807, 2.05) is 38.1 Å². The Kier molecular flexibility index (Phi) is 4.79. The van der Waals surface area contributed by atoms with Crippen molar-refractivity contribution in [2.45, 2.75) is 19.9 Å². The summed E-state index contributed by atoms with van der Waals surface area (Å²) in [6.07, 6.45) is 3.38. The number of benzene rings is 1. The van der Waals surface area contributed by atoms with Crippen LogP contribution in [0.3, 0.4) is 0 Å². The number of anilines is 1. The van der Waals surface area contributed by atoms with Crippen LogP contribution in [0.15, 0.2) is 41.1 Å². The van der Waals surface area contributed by atoms with Crippen LogP contribution in [0.5, 0.6) is 5.75 Å². The molecule has 0 aliphatic heterocycles. The maximum absolute atomic E-state index is 11.7. The highest BCUT2D eigenvalue weighted by molar-refractivity contribution is 9.10. The Balaban J connectivity index is 1.84. The van der Waals surface area contributed by atoms with Crippen molar-refractivity contribution < 1.29 is 9.53 Å². The topological polar surface area (TPSA) is 56.1 Å². The lowest BCUT2D eigenvalue weighted by atomic mass is 10.3. The molecule has 6 heteroatoms. The van der Waals surface area contributed by atoms with E-state index in [9.17, 15) is 4.79 Å². The van der Waals surface area contributed by atoms with Crippen LogP contribution in [-0.2, 0) is 4.79 Å². The van der Waals surface area contributed by atoms with Crippen molar-refractivity contribution in [2.75, 3.05) is 11.9 Å². The Morgan fingerprint density at radius 3 is 2.70 bits per heavy atom. The first-order valence-electron chi connectivity index (χ1n) is 6.27. The fourth-order valence-corrected chi connectivity index (χ4v) is 1.82. The molecule has 5 nitrogen and oxygen atoms in total. The third kappa shape index (κ3) is 4.09. The van der Waals surface area contributed by atoms with Gasteiger partial charge in [0.2, 0.25) is 0 Å². The molecule has 1 N–H and O–H groups in total. The monoisotopic (exact) mass is 337 g/mol. The fourth-order valence-electron chi connectivity index (χ4n) is 1.56. The summed E-state index contributed by atoms with van der Waals surface area (Å²) in [6.45, 7) is 4.01. The van der Waals surface area contributed by atoms with Crippen molar-refractivity contribution in [1.82, 2.24) is 9.78 Å². The summed E-state index contributed by atoms with van der Waals surface area (Å²) in [5.41, 5.74) is 0.736. The summed E-state index contributed by atoms with van der Waals surface area (Å²) >= 11 is 3.34. The van der Waals surface area contributed by atoms with E-state index < -0.39 is 0 Å². The Bertz CT molecular complexity index is 578. The molecular weight excluding hydrogens is 322 g/mol. The van der Waals surface area contributed by atoms with Gasteiger partial charge in [-0.05, 0) is 38.1 Å². The molecule has 0 saturated carbocycles. The van der Waals surface area contributed by atoms with Gasteiger partial charge in [0.05, 0.1) is 12.4 Å². The molecule has 2 rings (SSSR count). The molecule has 20 heavy (non-hydrogen) atoms. The number of aromatic nitrogens is 2. The van der Waals surface area contributed by atoms with Crippen LogP contribution in [-0.4, -0.2) is 22.3 Å². The molecule has 0 unspecified atom stereocenters. The molecule has 1 aromatic heterocycles. The van der Waals surface area contributed by atoms with Gasteiger partial charge in [-0.2, -0.15) is 5.10 Å². The number of carbonyl (C=O) groups is 1. The first-order valence-corrected chi connectivity index (χ1v) is 7.06. The van der Waals surface area contributed by atoms with Gasteiger partial charge in [0.25, 0.3) is 5.91 Å². The van der Waals surface area contributed by atoms with Crippen molar-refractivity contribution in [3.05, 3.63) is 41.1 Å². The zero-order valence-corrected chi connectivity index (χ0v) is 12.9. The van der Waals surface area contributed by atoms with Gasteiger partial charge in [-0.3, -0.25) is 9.48 Å². The van der Waals surface area contributed by atoms with E-state index in [-0.39, 0.29) is 18.6 Å². The molecule has 0 aliphatic rings. The minimum absolute atomic E-state index is 0.0418. The van der Waals surface area contributed by atoms with Crippen molar-refractivity contribution >= 4 is 27.5 Å². The van der Waals surface area contributed by atoms with Gasteiger partial charge in [-0.15, -0.1) is 0 Å². The van der Waals surface area contributed by atoms with E-state index in [1.165, 1.54) is 0 Å². The van der Waals surface area contributed by atoms with Crippen molar-refractivity contribution in [3.63, 3.8) is 0 Å². The van der Waals surface area contributed by atoms with Crippen LogP contribution in [0.1, 0.15) is 19.9 Å². The van der Waals surface area contributed by atoms with Crippen molar-refractivity contribution in [3.8, 4) is 5.75 Å². The van der Waals surface area contributed by atoms with Gasteiger partial charge in [-0.1, -0.05) is 15.9 Å². The fraction of sp³-hybridized carbons (Fsp3) is 0.286. The average Bonchev–Trinajstić information content (AvgIpc) is 2.88. The Morgan fingerprint density at radius 2 is 2.10 bits per heavy atom. The van der Waals surface area contributed by atoms with Gasteiger partial charge in [0.1, 0.15) is 0 Å². The smallest absolute Gasteiger partial charge is 0.262 e. The number of hydrogen-bond donors (Lipinski definition) is 1. The van der Waals surface area contributed by atoms with Crippen LogP contribution >= 0.6 is 15.9 Å². The van der Waals surface area contributed by atoms with E-state index in [2.05, 4.69) is 26.3 Å². The zero-order valence-electron chi connectivity index (χ0n) is 11.3. The normalized spacial score (nSPS) is 10.6. The first kappa shape index (κ1) is 14.6. The summed E-state index contributed by atoms with van der Waals surface area (Å²) < 4.78 is 8.14. The number of nitrogens with zero attached hydrogens (tertiary/aromatic N) is 2. The van der Waals surface area contributed by atoms with Gasteiger partial charge in [-0.25, -0.2) is 0 Å². The Labute approximate surface area is 126 Å². The minimum Gasteiger partial charge on any atom is -0.480 e. The summed E-state index contributed by atoms with van der Waals surface area (Å²) in [4.78, 5) is 11.7. The first-order chi connectivity index (χ1) is 9.54. The lowest BCUT2D eigenvalue weighted by Gasteiger charge is -2.06. The molecule has 0 atom stereocenters. The molecule has 106 valence electrons. The summed E-state index contributed by atoms with van der Waals surface area (Å²) in [5.74, 6) is 0.384. The number of halogens is 1. The standard InChI is InChI=1S/C14H16BrN3O2/c1-10(2)18-8-13(7-16-18)20-9-14(19)17-12-5-3-11(15)4-6-12/h3-8,10H,9H2,1-2H3,(H,17,19). The predicted octanol–water partition coefficient (Wildman–Crippen LogP) is 3.24. The van der Waals surface area contributed by atoms with Crippen LogP contribution in [0.2, 0.25) is 0 Å². The minimum atomic E-state index is -0.204. The van der Waals surface area contributed by atoms with E-state index in [0.29, 0.717) is 5.75 Å². The quantitative estimate of drug-likeness (QED) is 0.911. The van der Waals surface area contributed by atoms with Gasteiger partial charge >= 0.3 is 0 Å². The van der Waals surface area contributed by atoms with Crippen molar-refractivity contribution in [1.29, 1.82) is 0 Å². The van der Waals surface area contributed by atoms with E-state index >= 15 is 0 Å². The summed E-state index contributed by atoms with van der Waals surface area (Å²) in [5, 5.41) is 6.90. The number of rotatable bonds is 5. The largest absolute Gasteiger partial charge is 0.480 e. The molecule has 1 heterocycles. The molecule has 1 amide bonds. The number of amides is 1. The molecule has 0 fully saturated rings. The number of nitrogens with one attached hydrogen (secondary N) is 1. The highest BCUT2D eigenvalue weighted by atomic mass is 79.9.